The molecule has 1 aliphatic carbocycles. The summed E-state index contributed by atoms with van der Waals surface area (Å²) in [6.07, 6.45) is 6.56. The van der Waals surface area contributed by atoms with Gasteiger partial charge in [0.1, 0.15) is 10.6 Å². The van der Waals surface area contributed by atoms with Crippen molar-refractivity contribution in [1.29, 1.82) is 0 Å². The van der Waals surface area contributed by atoms with E-state index in [1.807, 2.05) is 31.4 Å². The molecule has 4 nitrogen and oxygen atoms in total. The Morgan fingerprint density at radius 1 is 1.24 bits per heavy atom. The van der Waals surface area contributed by atoms with Crippen molar-refractivity contribution < 1.29 is 4.42 Å². The van der Waals surface area contributed by atoms with E-state index in [1.165, 1.54) is 35.1 Å². The van der Waals surface area contributed by atoms with Crippen LogP contribution >= 0.6 is 11.3 Å². The summed E-state index contributed by atoms with van der Waals surface area (Å²) in [6.45, 7) is 2.02. The Bertz CT molecular complexity index is 818. The quantitative estimate of drug-likeness (QED) is 0.771. The summed E-state index contributed by atoms with van der Waals surface area (Å²) in [6, 6.07) is 1.95. The first kappa shape index (κ1) is 12.8. The maximum absolute atomic E-state index is 5.55. The molecule has 0 atom stereocenters. The van der Waals surface area contributed by atoms with Gasteiger partial charge in [-0.25, -0.2) is 9.97 Å². The first-order valence-electron chi connectivity index (χ1n) is 7.32. The summed E-state index contributed by atoms with van der Waals surface area (Å²) < 4.78 is 5.55. The molecule has 0 spiro atoms. The number of nitrogens with one attached hydrogen (secondary N) is 1. The number of hydrogen-bond donors (Lipinski definition) is 1. The molecule has 0 aromatic carbocycles. The van der Waals surface area contributed by atoms with E-state index in [1.54, 1.807) is 6.26 Å². The average Bonchev–Trinajstić information content (AvgIpc) is 3.09. The third-order valence-electron chi connectivity index (χ3n) is 4.12. The number of thiophene rings is 1. The number of rotatable bonds is 2. The van der Waals surface area contributed by atoms with Gasteiger partial charge < -0.3 is 9.73 Å². The van der Waals surface area contributed by atoms with Gasteiger partial charge in [0.05, 0.1) is 11.6 Å². The Hall–Kier alpha value is -1.88. The molecule has 21 heavy (non-hydrogen) atoms. The third-order valence-corrected chi connectivity index (χ3v) is 5.30. The Labute approximate surface area is 127 Å². The van der Waals surface area contributed by atoms with E-state index in [4.69, 9.17) is 14.4 Å². The Morgan fingerprint density at radius 2 is 2.10 bits per heavy atom. The minimum absolute atomic E-state index is 0.674. The molecule has 1 N–H and O–H groups in total. The Morgan fingerprint density at radius 3 is 2.86 bits per heavy atom. The molecule has 0 radical (unpaired) electrons. The lowest BCUT2D eigenvalue weighted by atomic mass is 9.97. The van der Waals surface area contributed by atoms with Crippen molar-refractivity contribution in [2.75, 3.05) is 12.4 Å². The summed E-state index contributed by atoms with van der Waals surface area (Å²) in [5, 5.41) is 4.46. The molecule has 0 unspecified atom stereocenters. The number of furan rings is 1. The summed E-state index contributed by atoms with van der Waals surface area (Å²) in [5.74, 6) is 2.36. The normalized spacial score (nSPS) is 14.4. The first-order chi connectivity index (χ1) is 10.3. The van der Waals surface area contributed by atoms with E-state index >= 15 is 0 Å². The van der Waals surface area contributed by atoms with Gasteiger partial charge in [-0.05, 0) is 49.8 Å². The smallest absolute Gasteiger partial charge is 0.199 e. The topological polar surface area (TPSA) is 51.0 Å². The van der Waals surface area contributed by atoms with E-state index in [0.717, 1.165) is 28.4 Å². The highest BCUT2D eigenvalue weighted by molar-refractivity contribution is 7.19. The predicted molar refractivity (Wildman–Crippen MR) is 86.0 cm³/mol. The van der Waals surface area contributed by atoms with E-state index in [0.29, 0.717) is 5.82 Å². The molecule has 3 heterocycles. The van der Waals surface area contributed by atoms with Crippen LogP contribution in [-0.2, 0) is 12.8 Å². The van der Waals surface area contributed by atoms with Gasteiger partial charge in [0.15, 0.2) is 11.6 Å². The summed E-state index contributed by atoms with van der Waals surface area (Å²) in [4.78, 5) is 12.0. The van der Waals surface area contributed by atoms with E-state index < -0.39 is 0 Å². The summed E-state index contributed by atoms with van der Waals surface area (Å²) in [5.41, 5.74) is 2.52. The van der Waals surface area contributed by atoms with Crippen molar-refractivity contribution in [2.24, 2.45) is 0 Å². The highest BCUT2D eigenvalue weighted by Crippen LogP contribution is 2.39. The molecule has 0 aliphatic heterocycles. The Balaban J connectivity index is 1.98. The molecule has 0 saturated carbocycles. The van der Waals surface area contributed by atoms with E-state index in [9.17, 15) is 0 Å². The second-order valence-corrected chi connectivity index (χ2v) is 6.55. The molecular weight excluding hydrogens is 282 g/mol. The van der Waals surface area contributed by atoms with Crippen LogP contribution in [0, 0.1) is 6.92 Å². The standard InChI is InChI=1S/C16H17N3OS/c1-9-7-8-20-13(9)15-18-14(17-2)12-10-5-3-4-6-11(10)21-16(12)19-15/h7-8H,3-6H2,1-2H3,(H,17,18,19). The molecule has 3 aromatic heterocycles. The van der Waals surface area contributed by atoms with Crippen molar-refractivity contribution in [1.82, 2.24) is 9.97 Å². The third kappa shape index (κ3) is 1.95. The number of nitrogens with zero attached hydrogens (tertiary/aromatic N) is 2. The number of anilines is 1. The fraction of sp³-hybridized carbons (Fsp3) is 0.375. The maximum atomic E-state index is 5.55. The second kappa shape index (κ2) is 4.84. The number of fused-ring (bicyclic) bond motifs is 3. The Kier molecular flexibility index (Phi) is 2.96. The molecule has 0 bridgehead atoms. The van der Waals surface area contributed by atoms with Crippen molar-refractivity contribution in [3.63, 3.8) is 0 Å². The van der Waals surface area contributed by atoms with Crippen LogP contribution in [0.15, 0.2) is 16.7 Å². The predicted octanol–water partition coefficient (Wildman–Crippen LogP) is 4.18. The van der Waals surface area contributed by atoms with Crippen LogP contribution in [0.2, 0.25) is 0 Å². The first-order valence-corrected chi connectivity index (χ1v) is 8.14. The van der Waals surface area contributed by atoms with Crippen LogP contribution in [0.1, 0.15) is 28.8 Å². The molecule has 5 heteroatoms. The molecule has 4 rings (SSSR count). The number of hydrogen-bond acceptors (Lipinski definition) is 5. The minimum atomic E-state index is 0.674. The van der Waals surface area contributed by atoms with Gasteiger partial charge in [-0.1, -0.05) is 0 Å². The van der Waals surface area contributed by atoms with E-state index in [2.05, 4.69) is 5.32 Å². The van der Waals surface area contributed by atoms with Crippen molar-refractivity contribution in [3.8, 4) is 11.6 Å². The van der Waals surface area contributed by atoms with Crippen LogP contribution < -0.4 is 5.32 Å². The lowest BCUT2D eigenvalue weighted by Crippen LogP contribution is -2.02. The fourth-order valence-corrected chi connectivity index (χ4v) is 4.30. The van der Waals surface area contributed by atoms with Crippen molar-refractivity contribution >= 4 is 27.4 Å². The summed E-state index contributed by atoms with van der Waals surface area (Å²) in [7, 11) is 1.92. The average molecular weight is 299 g/mol. The molecule has 0 amide bonds. The lowest BCUT2D eigenvalue weighted by molar-refractivity contribution is 0.576. The molecule has 3 aromatic rings. The van der Waals surface area contributed by atoms with Crippen LogP contribution in [0.25, 0.3) is 21.8 Å². The van der Waals surface area contributed by atoms with Crippen molar-refractivity contribution in [2.45, 2.75) is 32.6 Å². The van der Waals surface area contributed by atoms with Gasteiger partial charge in [0, 0.05) is 11.9 Å². The second-order valence-electron chi connectivity index (χ2n) is 5.47. The highest BCUT2D eigenvalue weighted by atomic mass is 32.1. The monoisotopic (exact) mass is 299 g/mol. The van der Waals surface area contributed by atoms with Gasteiger partial charge in [0.25, 0.3) is 0 Å². The molecule has 108 valence electrons. The zero-order valence-corrected chi connectivity index (χ0v) is 13.0. The van der Waals surface area contributed by atoms with Gasteiger partial charge in [-0.15, -0.1) is 11.3 Å². The van der Waals surface area contributed by atoms with Crippen LogP contribution in [0.3, 0.4) is 0 Å². The molecule has 0 saturated heterocycles. The number of aryl methyl sites for hydroxylation is 3. The molecular formula is C16H17N3OS. The zero-order valence-electron chi connectivity index (χ0n) is 12.2. The SMILES string of the molecule is CNc1nc(-c2occc2C)nc2sc3c(c12)CCCC3. The lowest BCUT2D eigenvalue weighted by Gasteiger charge is -2.11. The van der Waals surface area contributed by atoms with Gasteiger partial charge >= 0.3 is 0 Å². The van der Waals surface area contributed by atoms with Gasteiger partial charge in [-0.3, -0.25) is 0 Å². The van der Waals surface area contributed by atoms with Gasteiger partial charge in [-0.2, -0.15) is 0 Å². The van der Waals surface area contributed by atoms with E-state index in [-0.39, 0.29) is 0 Å². The molecule has 1 aliphatic rings. The van der Waals surface area contributed by atoms with Crippen LogP contribution in [-0.4, -0.2) is 17.0 Å². The number of aromatic nitrogens is 2. The fourth-order valence-electron chi connectivity index (χ4n) is 3.04. The summed E-state index contributed by atoms with van der Waals surface area (Å²) >= 11 is 1.81. The van der Waals surface area contributed by atoms with Crippen molar-refractivity contribution in [3.05, 3.63) is 28.3 Å². The minimum Gasteiger partial charge on any atom is -0.461 e. The zero-order chi connectivity index (χ0) is 14.4. The largest absolute Gasteiger partial charge is 0.461 e. The highest BCUT2D eigenvalue weighted by Gasteiger charge is 2.22. The van der Waals surface area contributed by atoms with Gasteiger partial charge in [0.2, 0.25) is 0 Å². The molecule has 0 fully saturated rings. The van der Waals surface area contributed by atoms with Crippen LogP contribution in [0.4, 0.5) is 5.82 Å². The van der Waals surface area contributed by atoms with Crippen LogP contribution in [0.5, 0.6) is 0 Å². The maximum Gasteiger partial charge on any atom is 0.199 e.